The molecule has 0 aromatic heterocycles. The maximum Gasteiger partial charge on any atom is 0.249 e. The summed E-state index contributed by atoms with van der Waals surface area (Å²) in [4.78, 5) is 0. The van der Waals surface area contributed by atoms with Crippen molar-refractivity contribution in [1.82, 2.24) is 0 Å². The average Bonchev–Trinajstić information content (AvgIpc) is 2.81. The Morgan fingerprint density at radius 2 is 1.64 bits per heavy atom. The first-order valence-corrected chi connectivity index (χ1v) is 13.6. The maximum absolute atomic E-state index is 6.44. The number of benzene rings is 2. The van der Waals surface area contributed by atoms with Crippen molar-refractivity contribution in [3.63, 3.8) is 0 Å². The number of rotatable bonds is 3. The van der Waals surface area contributed by atoms with Crippen LogP contribution in [0.4, 0.5) is 0 Å². The molecule has 0 nitrogen and oxygen atoms in total. The first-order chi connectivity index (χ1) is 11.6. The summed E-state index contributed by atoms with van der Waals surface area (Å²) < 4.78 is 0. The van der Waals surface area contributed by atoms with E-state index < -0.39 is 6.69 Å². The Bertz CT molecular complexity index is 805. The zero-order valence-corrected chi connectivity index (χ0v) is 18.2. The van der Waals surface area contributed by atoms with Gasteiger partial charge in [-0.3, -0.25) is 0 Å². The third kappa shape index (κ3) is 4.05. The SMILES string of the molecule is CC1=Cc2c(-c3ccc(C(C)(C)C)cc3)cccc2C1C[Si](C)(Cl)Cl. The molecule has 3 heteroatoms. The molecule has 0 N–H and O–H groups in total. The molecule has 3 rings (SSSR count). The predicted octanol–water partition coefficient (Wildman–Crippen LogP) is 7.70. The van der Waals surface area contributed by atoms with Crippen molar-refractivity contribution in [2.24, 2.45) is 0 Å². The zero-order chi connectivity index (χ0) is 18.4. The first kappa shape index (κ1) is 18.8. The van der Waals surface area contributed by atoms with Crippen LogP contribution in [0, 0.1) is 0 Å². The number of hydrogen-bond acceptors (Lipinski definition) is 0. The quantitative estimate of drug-likeness (QED) is 0.373. The van der Waals surface area contributed by atoms with Crippen molar-refractivity contribution >= 4 is 34.9 Å². The fourth-order valence-corrected chi connectivity index (χ4v) is 5.84. The lowest BCUT2D eigenvalue weighted by Gasteiger charge is -2.21. The van der Waals surface area contributed by atoms with Crippen LogP contribution in [0.3, 0.4) is 0 Å². The Balaban J connectivity index is 2.01. The molecule has 0 saturated carbocycles. The summed E-state index contributed by atoms with van der Waals surface area (Å²) in [6, 6.07) is 16.5. The van der Waals surface area contributed by atoms with E-state index in [1.807, 2.05) is 6.55 Å². The second-order valence-corrected chi connectivity index (χ2v) is 16.5. The topological polar surface area (TPSA) is 0 Å². The van der Waals surface area contributed by atoms with Crippen LogP contribution >= 0.6 is 22.2 Å². The second kappa shape index (κ2) is 6.61. The minimum absolute atomic E-state index is 0.175. The maximum atomic E-state index is 6.44. The van der Waals surface area contributed by atoms with Crippen molar-refractivity contribution in [1.29, 1.82) is 0 Å². The molecule has 1 unspecified atom stereocenters. The highest BCUT2D eigenvalue weighted by molar-refractivity contribution is 7.44. The van der Waals surface area contributed by atoms with Gasteiger partial charge < -0.3 is 0 Å². The van der Waals surface area contributed by atoms with Gasteiger partial charge in [0.25, 0.3) is 0 Å². The molecule has 0 bridgehead atoms. The first-order valence-electron chi connectivity index (χ1n) is 8.86. The van der Waals surface area contributed by atoms with Gasteiger partial charge in [0.05, 0.1) is 0 Å². The Kier molecular flexibility index (Phi) is 4.96. The lowest BCUT2D eigenvalue weighted by atomic mass is 9.85. The second-order valence-electron chi connectivity index (χ2n) is 8.35. The van der Waals surface area contributed by atoms with Crippen LogP contribution < -0.4 is 0 Å². The van der Waals surface area contributed by atoms with Gasteiger partial charge in [0.1, 0.15) is 0 Å². The number of allylic oxidation sites excluding steroid dienone is 1. The smallest absolute Gasteiger partial charge is 0.146 e. The summed E-state index contributed by atoms with van der Waals surface area (Å²) in [5.41, 5.74) is 8.18. The summed E-state index contributed by atoms with van der Waals surface area (Å²) in [6.45, 7) is 8.80. The molecule has 0 radical (unpaired) electrons. The molecule has 1 aliphatic rings. The largest absolute Gasteiger partial charge is 0.249 e. The van der Waals surface area contributed by atoms with Crippen LogP contribution in [0.15, 0.2) is 48.0 Å². The van der Waals surface area contributed by atoms with E-state index in [2.05, 4.69) is 76.2 Å². The Hall–Kier alpha value is -1.02. The minimum atomic E-state index is -2.15. The van der Waals surface area contributed by atoms with Crippen LogP contribution in [-0.4, -0.2) is 6.69 Å². The molecule has 2 aromatic rings. The summed E-state index contributed by atoms with van der Waals surface area (Å²) in [5.74, 6) is 0.357. The highest BCUT2D eigenvalue weighted by atomic mass is 35.7. The lowest BCUT2D eigenvalue weighted by molar-refractivity contribution is 0.590. The third-order valence-corrected chi connectivity index (χ3v) is 7.11. The third-order valence-electron chi connectivity index (χ3n) is 5.06. The van der Waals surface area contributed by atoms with Crippen molar-refractivity contribution in [3.8, 4) is 11.1 Å². The van der Waals surface area contributed by atoms with Gasteiger partial charge in [0, 0.05) is 5.92 Å². The molecule has 0 heterocycles. The normalized spacial score (nSPS) is 17.4. The van der Waals surface area contributed by atoms with Crippen molar-refractivity contribution in [2.75, 3.05) is 0 Å². The molecule has 1 aliphatic carbocycles. The number of fused-ring (bicyclic) bond motifs is 1. The predicted molar refractivity (Wildman–Crippen MR) is 115 cm³/mol. The van der Waals surface area contributed by atoms with E-state index in [-0.39, 0.29) is 5.41 Å². The molecule has 0 spiro atoms. The van der Waals surface area contributed by atoms with Gasteiger partial charge in [-0.25, -0.2) is 0 Å². The van der Waals surface area contributed by atoms with E-state index in [1.165, 1.54) is 33.4 Å². The number of halogens is 2. The van der Waals surface area contributed by atoms with Crippen LogP contribution in [0.25, 0.3) is 17.2 Å². The van der Waals surface area contributed by atoms with E-state index in [9.17, 15) is 0 Å². The van der Waals surface area contributed by atoms with E-state index in [1.54, 1.807) is 0 Å². The van der Waals surface area contributed by atoms with Crippen LogP contribution in [0.5, 0.6) is 0 Å². The molecule has 0 fully saturated rings. The highest BCUT2D eigenvalue weighted by Crippen LogP contribution is 2.46. The molecule has 25 heavy (non-hydrogen) atoms. The fraction of sp³-hybridized carbons (Fsp3) is 0.364. The Morgan fingerprint density at radius 3 is 2.20 bits per heavy atom. The molecule has 1 atom stereocenters. The standard InChI is InChI=1S/C22H26Cl2Si/c1-15-13-20-18(16-9-11-17(12-10-16)22(2,3)4)7-6-8-19(20)21(15)14-25(5,23)24/h6-13,21H,14H2,1-5H3. The molecular weight excluding hydrogens is 363 g/mol. The van der Waals surface area contributed by atoms with Gasteiger partial charge in [-0.15, -0.1) is 22.2 Å². The molecule has 2 aromatic carbocycles. The Morgan fingerprint density at radius 1 is 1.00 bits per heavy atom. The average molecular weight is 389 g/mol. The van der Waals surface area contributed by atoms with Crippen molar-refractivity contribution in [3.05, 3.63) is 64.7 Å². The van der Waals surface area contributed by atoms with E-state index in [4.69, 9.17) is 22.2 Å². The van der Waals surface area contributed by atoms with Crippen LogP contribution in [0.2, 0.25) is 12.6 Å². The molecule has 0 aliphatic heterocycles. The van der Waals surface area contributed by atoms with Gasteiger partial charge in [-0.05, 0) is 52.7 Å². The lowest BCUT2D eigenvalue weighted by Crippen LogP contribution is -2.17. The molecular formula is C22H26Cl2Si. The fourth-order valence-electron chi connectivity index (χ4n) is 3.65. The Labute approximate surface area is 162 Å². The minimum Gasteiger partial charge on any atom is -0.146 e. The van der Waals surface area contributed by atoms with E-state index >= 15 is 0 Å². The van der Waals surface area contributed by atoms with E-state index in [0.717, 1.165) is 6.04 Å². The van der Waals surface area contributed by atoms with Crippen LogP contribution in [0.1, 0.15) is 50.3 Å². The van der Waals surface area contributed by atoms with Crippen molar-refractivity contribution < 1.29 is 0 Å². The van der Waals surface area contributed by atoms with Gasteiger partial charge in [0.2, 0.25) is 6.69 Å². The number of hydrogen-bond donors (Lipinski definition) is 0. The zero-order valence-electron chi connectivity index (χ0n) is 15.7. The van der Waals surface area contributed by atoms with Gasteiger partial charge in [-0.1, -0.05) is 74.9 Å². The summed E-state index contributed by atoms with van der Waals surface area (Å²) in [7, 11) is 0. The van der Waals surface area contributed by atoms with Crippen LogP contribution in [-0.2, 0) is 5.41 Å². The van der Waals surface area contributed by atoms with Gasteiger partial charge in [0.15, 0.2) is 0 Å². The highest BCUT2D eigenvalue weighted by Gasteiger charge is 2.32. The summed E-state index contributed by atoms with van der Waals surface area (Å²) in [5, 5.41) is 0. The molecule has 0 amide bonds. The van der Waals surface area contributed by atoms with Crippen molar-refractivity contribution in [2.45, 2.75) is 51.6 Å². The van der Waals surface area contributed by atoms with Gasteiger partial charge in [-0.2, -0.15) is 0 Å². The van der Waals surface area contributed by atoms with E-state index in [0.29, 0.717) is 5.92 Å². The van der Waals surface area contributed by atoms with Gasteiger partial charge >= 0.3 is 0 Å². The molecule has 0 saturated heterocycles. The summed E-state index contributed by atoms with van der Waals surface area (Å²) in [6.07, 6.45) is 2.32. The molecule has 132 valence electrons. The summed E-state index contributed by atoms with van der Waals surface area (Å²) >= 11 is 12.9. The monoisotopic (exact) mass is 388 g/mol.